The number of nitrogen functional groups attached to an aromatic ring is 1. The summed E-state index contributed by atoms with van der Waals surface area (Å²) in [5.41, 5.74) is 9.68. The number of benzene rings is 2. The number of amides is 3. The molecule has 0 bridgehead atoms. The van der Waals surface area contributed by atoms with Crippen molar-refractivity contribution in [2.75, 3.05) is 17.7 Å². The van der Waals surface area contributed by atoms with Gasteiger partial charge in [-0.15, -0.1) is 0 Å². The second-order valence-electron chi connectivity index (χ2n) is 5.91. The molecule has 7 nitrogen and oxygen atoms in total. The van der Waals surface area contributed by atoms with Crippen LogP contribution in [0.3, 0.4) is 0 Å². The van der Waals surface area contributed by atoms with Crippen LogP contribution in [0, 0.1) is 20.8 Å². The third-order valence-electron chi connectivity index (χ3n) is 3.90. The van der Waals surface area contributed by atoms with Gasteiger partial charge in [-0.25, -0.2) is 9.59 Å². The van der Waals surface area contributed by atoms with Crippen molar-refractivity contribution in [3.05, 3.63) is 58.7 Å². The molecule has 2 rings (SSSR count). The number of aryl methyl sites for hydroxylation is 3. The minimum absolute atomic E-state index is 0.178. The highest BCUT2D eigenvalue weighted by Gasteiger charge is 2.15. The first kappa shape index (κ1) is 19.0. The molecule has 0 radical (unpaired) electrons. The Kier molecular flexibility index (Phi) is 5.95. The second-order valence-corrected chi connectivity index (χ2v) is 5.91. The highest BCUT2D eigenvalue weighted by atomic mass is 16.5. The molecule has 0 aliphatic heterocycles. The minimum atomic E-state index is -0.745. The second kappa shape index (κ2) is 8.15. The molecule has 0 saturated heterocycles. The van der Waals surface area contributed by atoms with E-state index in [-0.39, 0.29) is 5.56 Å². The Bertz CT molecular complexity index is 862. The SMILES string of the molecule is Cc1ccc(NC(=O)NC(=O)COC(=O)c2cccc(C)c2N)cc1C. The number of esters is 1. The molecule has 3 amide bonds. The van der Waals surface area contributed by atoms with Crippen molar-refractivity contribution in [3.8, 4) is 0 Å². The summed E-state index contributed by atoms with van der Waals surface area (Å²) in [7, 11) is 0. The van der Waals surface area contributed by atoms with Crippen LogP contribution in [0.1, 0.15) is 27.0 Å². The van der Waals surface area contributed by atoms with Crippen molar-refractivity contribution in [3.63, 3.8) is 0 Å². The predicted octanol–water partition coefficient (Wildman–Crippen LogP) is 2.70. The van der Waals surface area contributed by atoms with Crippen LogP contribution in [0.15, 0.2) is 36.4 Å². The lowest BCUT2D eigenvalue weighted by Crippen LogP contribution is -2.37. The molecular weight excluding hydrogens is 334 g/mol. The van der Waals surface area contributed by atoms with Gasteiger partial charge in [-0.1, -0.05) is 18.2 Å². The number of anilines is 2. The number of para-hydroxylation sites is 1. The molecule has 26 heavy (non-hydrogen) atoms. The normalized spacial score (nSPS) is 10.1. The molecule has 0 saturated carbocycles. The number of rotatable bonds is 4. The first-order valence-corrected chi connectivity index (χ1v) is 7.98. The van der Waals surface area contributed by atoms with Gasteiger partial charge in [-0.3, -0.25) is 10.1 Å². The number of urea groups is 1. The van der Waals surface area contributed by atoms with Gasteiger partial charge >= 0.3 is 12.0 Å². The highest BCUT2D eigenvalue weighted by Crippen LogP contribution is 2.17. The summed E-state index contributed by atoms with van der Waals surface area (Å²) in [4.78, 5) is 35.6. The molecule has 0 atom stereocenters. The van der Waals surface area contributed by atoms with Gasteiger partial charge in [-0.2, -0.15) is 0 Å². The topological polar surface area (TPSA) is 111 Å². The van der Waals surface area contributed by atoms with E-state index in [4.69, 9.17) is 10.5 Å². The quantitative estimate of drug-likeness (QED) is 0.577. The number of carbonyl (C=O) groups excluding carboxylic acids is 3. The molecule has 2 aromatic carbocycles. The summed E-state index contributed by atoms with van der Waals surface area (Å²) in [5, 5.41) is 4.64. The number of nitrogens with two attached hydrogens (primary N) is 1. The van der Waals surface area contributed by atoms with Crippen LogP contribution in [0.5, 0.6) is 0 Å². The van der Waals surface area contributed by atoms with E-state index in [9.17, 15) is 14.4 Å². The molecule has 0 aliphatic rings. The minimum Gasteiger partial charge on any atom is -0.452 e. The fourth-order valence-corrected chi connectivity index (χ4v) is 2.21. The van der Waals surface area contributed by atoms with E-state index in [1.165, 1.54) is 6.07 Å². The summed E-state index contributed by atoms with van der Waals surface area (Å²) in [6, 6.07) is 9.61. The van der Waals surface area contributed by atoms with E-state index in [0.717, 1.165) is 16.7 Å². The number of imide groups is 1. The number of hydrogen-bond donors (Lipinski definition) is 3. The fraction of sp³-hybridized carbons (Fsp3) is 0.211. The average molecular weight is 355 g/mol. The summed E-state index contributed by atoms with van der Waals surface area (Å²) >= 11 is 0. The van der Waals surface area contributed by atoms with Crippen LogP contribution in [-0.2, 0) is 9.53 Å². The van der Waals surface area contributed by atoms with Crippen LogP contribution >= 0.6 is 0 Å². The van der Waals surface area contributed by atoms with Gasteiger partial charge in [0.25, 0.3) is 5.91 Å². The Morgan fingerprint density at radius 1 is 1.00 bits per heavy atom. The van der Waals surface area contributed by atoms with Gasteiger partial charge in [0, 0.05) is 11.4 Å². The smallest absolute Gasteiger partial charge is 0.340 e. The molecule has 0 spiro atoms. The largest absolute Gasteiger partial charge is 0.452 e. The van der Waals surface area contributed by atoms with E-state index in [2.05, 4.69) is 10.6 Å². The zero-order chi connectivity index (χ0) is 19.3. The van der Waals surface area contributed by atoms with Crippen molar-refractivity contribution < 1.29 is 19.1 Å². The number of hydrogen-bond acceptors (Lipinski definition) is 5. The fourth-order valence-electron chi connectivity index (χ4n) is 2.21. The maximum Gasteiger partial charge on any atom is 0.340 e. The monoisotopic (exact) mass is 355 g/mol. The third kappa shape index (κ3) is 4.83. The Labute approximate surface area is 151 Å². The molecule has 4 N–H and O–H groups in total. The van der Waals surface area contributed by atoms with Crippen LogP contribution in [0.25, 0.3) is 0 Å². The summed E-state index contributed by atoms with van der Waals surface area (Å²) in [6.07, 6.45) is 0. The molecule has 0 aromatic heterocycles. The van der Waals surface area contributed by atoms with E-state index in [1.807, 2.05) is 19.9 Å². The lowest BCUT2D eigenvalue weighted by Gasteiger charge is -2.10. The number of carbonyl (C=O) groups is 3. The Balaban J connectivity index is 1.86. The van der Waals surface area contributed by atoms with E-state index in [0.29, 0.717) is 11.4 Å². The van der Waals surface area contributed by atoms with E-state index < -0.39 is 24.5 Å². The Hall–Kier alpha value is -3.35. The van der Waals surface area contributed by atoms with Crippen LogP contribution in [-0.4, -0.2) is 24.5 Å². The van der Waals surface area contributed by atoms with Crippen molar-refractivity contribution in [2.45, 2.75) is 20.8 Å². The highest BCUT2D eigenvalue weighted by molar-refractivity contribution is 6.03. The zero-order valence-corrected chi connectivity index (χ0v) is 14.9. The maximum absolute atomic E-state index is 12.0. The number of nitrogens with one attached hydrogen (secondary N) is 2. The molecule has 2 aromatic rings. The van der Waals surface area contributed by atoms with Gasteiger partial charge in [-0.05, 0) is 55.7 Å². The van der Waals surface area contributed by atoms with Crippen molar-refractivity contribution >= 4 is 29.3 Å². The molecule has 0 heterocycles. The molecule has 0 fully saturated rings. The molecular formula is C19H21N3O4. The first-order valence-electron chi connectivity index (χ1n) is 7.98. The van der Waals surface area contributed by atoms with Gasteiger partial charge in [0.1, 0.15) is 0 Å². The van der Waals surface area contributed by atoms with Crippen LogP contribution < -0.4 is 16.4 Å². The maximum atomic E-state index is 12.0. The standard InChI is InChI=1S/C19H21N3O4/c1-11-7-8-14(9-13(11)3)21-19(25)22-16(23)10-26-18(24)15-6-4-5-12(2)17(15)20/h4-9H,10,20H2,1-3H3,(H2,21,22,23,25). The Morgan fingerprint density at radius 3 is 2.42 bits per heavy atom. The molecule has 7 heteroatoms. The lowest BCUT2D eigenvalue weighted by molar-refractivity contribution is -0.123. The van der Waals surface area contributed by atoms with Gasteiger partial charge < -0.3 is 15.8 Å². The van der Waals surface area contributed by atoms with E-state index in [1.54, 1.807) is 31.2 Å². The van der Waals surface area contributed by atoms with Crippen molar-refractivity contribution in [1.82, 2.24) is 5.32 Å². The molecule has 0 unspecified atom stereocenters. The van der Waals surface area contributed by atoms with Crippen molar-refractivity contribution in [1.29, 1.82) is 0 Å². The van der Waals surface area contributed by atoms with Crippen LogP contribution in [0.4, 0.5) is 16.2 Å². The predicted molar refractivity (Wildman–Crippen MR) is 99.0 cm³/mol. The van der Waals surface area contributed by atoms with Crippen molar-refractivity contribution in [2.24, 2.45) is 0 Å². The van der Waals surface area contributed by atoms with Gasteiger partial charge in [0.15, 0.2) is 6.61 Å². The van der Waals surface area contributed by atoms with Gasteiger partial charge in [0.05, 0.1) is 5.56 Å². The average Bonchev–Trinajstić information content (AvgIpc) is 2.58. The first-order chi connectivity index (χ1) is 12.3. The van der Waals surface area contributed by atoms with E-state index >= 15 is 0 Å². The molecule has 136 valence electrons. The van der Waals surface area contributed by atoms with Crippen LogP contribution in [0.2, 0.25) is 0 Å². The third-order valence-corrected chi connectivity index (χ3v) is 3.90. The Morgan fingerprint density at radius 2 is 1.73 bits per heavy atom. The summed E-state index contributed by atoms with van der Waals surface area (Å²) < 4.78 is 4.90. The zero-order valence-electron chi connectivity index (χ0n) is 14.9. The summed E-state index contributed by atoms with van der Waals surface area (Å²) in [6.45, 7) is 5.04. The molecule has 0 aliphatic carbocycles. The lowest BCUT2D eigenvalue weighted by atomic mass is 10.1. The summed E-state index contributed by atoms with van der Waals surface area (Å²) in [5.74, 6) is -1.47. The van der Waals surface area contributed by atoms with Gasteiger partial charge in [0.2, 0.25) is 0 Å². The number of ether oxygens (including phenoxy) is 1.